The molecule has 0 aliphatic carbocycles. The largest absolute Gasteiger partial charge is 0.340 e. The van der Waals surface area contributed by atoms with E-state index >= 15 is 0 Å². The predicted octanol–water partition coefficient (Wildman–Crippen LogP) is 2.19. The standard InChI is InChI=1S/C22H27N3O2/c1-2-24-13-15-25(16-14-24)22(27)20(17-18-9-5-3-6-10-18)23-21(26)19-11-7-4-8-12-19/h3-12,20H,2,13-17H2,1H3,(H,23,26). The van der Waals surface area contributed by atoms with Gasteiger partial charge in [0.25, 0.3) is 5.91 Å². The SMILES string of the molecule is CCN1CCN(C(=O)C(Cc2ccccc2)NC(=O)c2ccccc2)CC1. The highest BCUT2D eigenvalue weighted by atomic mass is 16.2. The first-order valence-corrected chi connectivity index (χ1v) is 9.58. The van der Waals surface area contributed by atoms with E-state index in [1.54, 1.807) is 12.1 Å². The van der Waals surface area contributed by atoms with E-state index in [1.807, 2.05) is 53.4 Å². The molecule has 1 unspecified atom stereocenters. The van der Waals surface area contributed by atoms with Gasteiger partial charge in [0.15, 0.2) is 0 Å². The molecule has 0 bridgehead atoms. The van der Waals surface area contributed by atoms with Crippen LogP contribution < -0.4 is 5.32 Å². The summed E-state index contributed by atoms with van der Waals surface area (Å²) >= 11 is 0. The third kappa shape index (κ3) is 5.17. The maximum Gasteiger partial charge on any atom is 0.251 e. The second kappa shape index (κ2) is 9.33. The minimum absolute atomic E-state index is 0.00103. The number of nitrogens with one attached hydrogen (secondary N) is 1. The van der Waals surface area contributed by atoms with Crippen LogP contribution in [-0.2, 0) is 11.2 Å². The smallest absolute Gasteiger partial charge is 0.251 e. The number of piperazine rings is 1. The number of hydrogen-bond acceptors (Lipinski definition) is 3. The van der Waals surface area contributed by atoms with Crippen LogP contribution >= 0.6 is 0 Å². The molecule has 5 heteroatoms. The van der Waals surface area contributed by atoms with Crippen LogP contribution in [-0.4, -0.2) is 60.4 Å². The summed E-state index contributed by atoms with van der Waals surface area (Å²) in [5.74, 6) is -0.212. The molecule has 1 aliphatic heterocycles. The number of rotatable bonds is 6. The fraction of sp³-hybridized carbons (Fsp3) is 0.364. The molecule has 2 aromatic carbocycles. The van der Waals surface area contributed by atoms with Crippen LogP contribution in [0.25, 0.3) is 0 Å². The number of amides is 2. The Labute approximate surface area is 161 Å². The first-order chi connectivity index (χ1) is 13.2. The molecule has 1 aliphatic rings. The van der Waals surface area contributed by atoms with Crippen LogP contribution in [0.1, 0.15) is 22.8 Å². The maximum absolute atomic E-state index is 13.2. The average Bonchev–Trinajstić information content (AvgIpc) is 2.74. The van der Waals surface area contributed by atoms with Crippen molar-refractivity contribution in [3.05, 3.63) is 71.8 Å². The molecule has 0 radical (unpaired) electrons. The monoisotopic (exact) mass is 365 g/mol. The Morgan fingerprint density at radius 3 is 2.11 bits per heavy atom. The Morgan fingerprint density at radius 1 is 0.926 bits per heavy atom. The van der Waals surface area contributed by atoms with Crippen molar-refractivity contribution in [2.24, 2.45) is 0 Å². The van der Waals surface area contributed by atoms with E-state index in [-0.39, 0.29) is 11.8 Å². The Hall–Kier alpha value is -2.66. The van der Waals surface area contributed by atoms with Crippen molar-refractivity contribution in [3.63, 3.8) is 0 Å². The second-order valence-corrected chi connectivity index (χ2v) is 6.84. The summed E-state index contributed by atoms with van der Waals surface area (Å²) in [6, 6.07) is 18.3. The highest BCUT2D eigenvalue weighted by molar-refractivity contribution is 5.97. The lowest BCUT2D eigenvalue weighted by Crippen LogP contribution is -2.55. The van der Waals surface area contributed by atoms with Crippen molar-refractivity contribution in [3.8, 4) is 0 Å². The first kappa shape index (κ1) is 19.1. The third-order valence-electron chi connectivity index (χ3n) is 5.05. The van der Waals surface area contributed by atoms with Gasteiger partial charge < -0.3 is 15.1 Å². The van der Waals surface area contributed by atoms with Crippen LogP contribution in [0.4, 0.5) is 0 Å². The summed E-state index contributed by atoms with van der Waals surface area (Å²) in [5, 5.41) is 2.96. The van der Waals surface area contributed by atoms with Gasteiger partial charge in [0.1, 0.15) is 6.04 Å². The van der Waals surface area contributed by atoms with Crippen molar-refractivity contribution in [1.29, 1.82) is 0 Å². The number of benzene rings is 2. The molecular formula is C22H27N3O2. The van der Waals surface area contributed by atoms with Gasteiger partial charge in [0, 0.05) is 38.2 Å². The highest BCUT2D eigenvalue weighted by Gasteiger charge is 2.28. The molecule has 142 valence electrons. The fourth-order valence-corrected chi connectivity index (χ4v) is 3.39. The Bertz CT molecular complexity index is 741. The van der Waals surface area contributed by atoms with Crippen LogP contribution in [0.15, 0.2) is 60.7 Å². The van der Waals surface area contributed by atoms with Crippen molar-refractivity contribution in [2.75, 3.05) is 32.7 Å². The molecule has 0 saturated carbocycles. The van der Waals surface area contributed by atoms with Crippen molar-refractivity contribution < 1.29 is 9.59 Å². The molecule has 1 saturated heterocycles. The van der Waals surface area contributed by atoms with E-state index in [0.717, 1.165) is 25.2 Å². The summed E-state index contributed by atoms with van der Waals surface area (Å²) in [7, 11) is 0. The predicted molar refractivity (Wildman–Crippen MR) is 107 cm³/mol. The average molecular weight is 365 g/mol. The molecule has 1 heterocycles. The van der Waals surface area contributed by atoms with E-state index in [1.165, 1.54) is 0 Å². The summed E-state index contributed by atoms with van der Waals surface area (Å²) in [6.45, 7) is 6.31. The van der Waals surface area contributed by atoms with Gasteiger partial charge in [-0.25, -0.2) is 0 Å². The molecule has 2 amide bonds. The summed E-state index contributed by atoms with van der Waals surface area (Å²) in [5.41, 5.74) is 1.61. The summed E-state index contributed by atoms with van der Waals surface area (Å²) in [4.78, 5) is 30.0. The quantitative estimate of drug-likeness (QED) is 0.854. The maximum atomic E-state index is 13.2. The lowest BCUT2D eigenvalue weighted by Gasteiger charge is -2.36. The zero-order valence-electron chi connectivity index (χ0n) is 15.8. The number of carbonyl (C=O) groups excluding carboxylic acids is 2. The van der Waals surface area contributed by atoms with E-state index in [4.69, 9.17) is 0 Å². The molecule has 27 heavy (non-hydrogen) atoms. The number of likely N-dealkylation sites (N-methyl/N-ethyl adjacent to an activating group) is 1. The van der Waals surface area contributed by atoms with Crippen LogP contribution in [0.3, 0.4) is 0 Å². The fourth-order valence-electron chi connectivity index (χ4n) is 3.39. The van der Waals surface area contributed by atoms with Gasteiger partial charge >= 0.3 is 0 Å². The molecule has 1 N–H and O–H groups in total. The van der Waals surface area contributed by atoms with E-state index < -0.39 is 6.04 Å². The molecule has 2 aromatic rings. The van der Waals surface area contributed by atoms with Crippen molar-refractivity contribution in [1.82, 2.24) is 15.1 Å². The van der Waals surface area contributed by atoms with Gasteiger partial charge in [-0.2, -0.15) is 0 Å². The molecule has 1 atom stereocenters. The second-order valence-electron chi connectivity index (χ2n) is 6.84. The third-order valence-corrected chi connectivity index (χ3v) is 5.05. The molecule has 0 aromatic heterocycles. The zero-order valence-corrected chi connectivity index (χ0v) is 15.8. The molecule has 1 fully saturated rings. The minimum atomic E-state index is -0.562. The lowest BCUT2D eigenvalue weighted by atomic mass is 10.0. The van der Waals surface area contributed by atoms with Crippen LogP contribution in [0, 0.1) is 0 Å². The number of carbonyl (C=O) groups is 2. The van der Waals surface area contributed by atoms with Gasteiger partial charge in [-0.05, 0) is 24.2 Å². The highest BCUT2D eigenvalue weighted by Crippen LogP contribution is 2.10. The Kier molecular flexibility index (Phi) is 6.60. The van der Waals surface area contributed by atoms with Gasteiger partial charge in [0.2, 0.25) is 5.91 Å². The normalized spacial score (nSPS) is 16.0. The van der Waals surface area contributed by atoms with E-state index in [0.29, 0.717) is 25.1 Å². The van der Waals surface area contributed by atoms with Gasteiger partial charge in [0.05, 0.1) is 0 Å². The van der Waals surface area contributed by atoms with Crippen LogP contribution in [0.5, 0.6) is 0 Å². The number of hydrogen-bond donors (Lipinski definition) is 1. The van der Waals surface area contributed by atoms with Crippen molar-refractivity contribution >= 4 is 11.8 Å². The minimum Gasteiger partial charge on any atom is -0.340 e. The van der Waals surface area contributed by atoms with Crippen molar-refractivity contribution in [2.45, 2.75) is 19.4 Å². The van der Waals surface area contributed by atoms with E-state index in [2.05, 4.69) is 17.1 Å². The Balaban J connectivity index is 1.73. The summed E-state index contributed by atoms with van der Waals surface area (Å²) < 4.78 is 0. The van der Waals surface area contributed by atoms with Crippen LogP contribution in [0.2, 0.25) is 0 Å². The lowest BCUT2D eigenvalue weighted by molar-refractivity contribution is -0.135. The molecule has 0 spiro atoms. The first-order valence-electron chi connectivity index (χ1n) is 9.58. The Morgan fingerprint density at radius 2 is 1.52 bits per heavy atom. The van der Waals surface area contributed by atoms with Gasteiger partial charge in [-0.15, -0.1) is 0 Å². The topological polar surface area (TPSA) is 52.6 Å². The molecule has 3 rings (SSSR count). The van der Waals surface area contributed by atoms with Gasteiger partial charge in [-0.3, -0.25) is 9.59 Å². The summed E-state index contributed by atoms with van der Waals surface area (Å²) in [6.07, 6.45) is 0.492. The molecule has 5 nitrogen and oxygen atoms in total. The zero-order chi connectivity index (χ0) is 19.1. The molecular weight excluding hydrogens is 338 g/mol. The van der Waals surface area contributed by atoms with E-state index in [9.17, 15) is 9.59 Å². The number of nitrogens with zero attached hydrogens (tertiary/aromatic N) is 2. The van der Waals surface area contributed by atoms with Gasteiger partial charge in [-0.1, -0.05) is 55.5 Å².